The lowest BCUT2D eigenvalue weighted by Gasteiger charge is -2.21. The summed E-state index contributed by atoms with van der Waals surface area (Å²) in [5.41, 5.74) is 1.27. The van der Waals surface area contributed by atoms with E-state index in [9.17, 15) is 12.8 Å². The van der Waals surface area contributed by atoms with Crippen molar-refractivity contribution < 1.29 is 17.3 Å². The second-order valence-electron chi connectivity index (χ2n) is 6.65. The average molecular weight is 422 g/mol. The maximum absolute atomic E-state index is 13.4. The summed E-state index contributed by atoms with van der Waals surface area (Å²) >= 11 is 6.11. The number of sulfonamides is 1. The van der Waals surface area contributed by atoms with E-state index in [0.717, 1.165) is 5.56 Å². The topological polar surface area (TPSA) is 76.3 Å². The summed E-state index contributed by atoms with van der Waals surface area (Å²) in [5.74, 6) is 0.000781. The summed E-state index contributed by atoms with van der Waals surface area (Å²) in [5, 5.41) is 4.28. The van der Waals surface area contributed by atoms with E-state index >= 15 is 0 Å². The van der Waals surface area contributed by atoms with Gasteiger partial charge in [0.05, 0.1) is 4.90 Å². The molecule has 0 bridgehead atoms. The predicted molar refractivity (Wildman–Crippen MR) is 102 cm³/mol. The van der Waals surface area contributed by atoms with E-state index in [1.54, 1.807) is 18.2 Å². The third-order valence-electron chi connectivity index (χ3n) is 4.76. The Balaban J connectivity index is 1.66. The van der Waals surface area contributed by atoms with E-state index in [0.29, 0.717) is 30.0 Å². The summed E-state index contributed by atoms with van der Waals surface area (Å²) < 4.78 is 46.4. The molecule has 6 nitrogen and oxygen atoms in total. The largest absolute Gasteiger partial charge is 0.337 e. The molecule has 0 aliphatic carbocycles. The quantitative estimate of drug-likeness (QED) is 0.625. The van der Waals surface area contributed by atoms with Crippen LogP contribution in [0.1, 0.15) is 30.3 Å². The van der Waals surface area contributed by atoms with E-state index in [2.05, 4.69) is 10.1 Å². The predicted octanol–water partition coefficient (Wildman–Crippen LogP) is 4.36. The fourth-order valence-corrected chi connectivity index (χ4v) is 5.18. The second kappa shape index (κ2) is 7.27. The fourth-order valence-electron chi connectivity index (χ4n) is 3.26. The number of hydrogen-bond acceptors (Lipinski definition) is 5. The first kappa shape index (κ1) is 19.0. The fraction of sp³-hybridized carbons (Fsp3) is 0.263. The standard InChI is InChI=1S/C19H17ClFN3O3S/c1-12-7-8-15(11-16(12)20)28(25,26)24-9-3-6-17(24)19-22-18(23-27-19)13-4-2-5-14(21)10-13/h2,4-5,7-8,10-11,17H,3,6,9H2,1H3. The Hall–Kier alpha value is -2.29. The molecule has 1 aromatic heterocycles. The van der Waals surface area contributed by atoms with E-state index in [1.165, 1.54) is 28.6 Å². The van der Waals surface area contributed by atoms with Crippen LogP contribution in [0.4, 0.5) is 4.39 Å². The summed E-state index contributed by atoms with van der Waals surface area (Å²) in [6.45, 7) is 2.15. The molecule has 0 radical (unpaired) electrons. The molecule has 0 amide bonds. The van der Waals surface area contributed by atoms with E-state index in [-0.39, 0.29) is 16.6 Å². The van der Waals surface area contributed by atoms with Crippen LogP contribution in [0.3, 0.4) is 0 Å². The Morgan fingerprint density at radius 1 is 1.25 bits per heavy atom. The number of rotatable bonds is 4. The molecular weight excluding hydrogens is 405 g/mol. The Labute approximate surface area is 167 Å². The molecule has 3 aromatic rings. The summed E-state index contributed by atoms with van der Waals surface area (Å²) in [6, 6.07) is 9.93. The number of aromatic nitrogens is 2. The van der Waals surface area contributed by atoms with E-state index in [4.69, 9.17) is 16.1 Å². The number of aryl methyl sites for hydroxylation is 1. The van der Waals surface area contributed by atoms with Crippen LogP contribution in [-0.2, 0) is 10.0 Å². The smallest absolute Gasteiger partial charge is 0.245 e. The monoisotopic (exact) mass is 421 g/mol. The van der Waals surface area contributed by atoms with Gasteiger partial charge >= 0.3 is 0 Å². The normalized spacial score (nSPS) is 17.9. The van der Waals surface area contributed by atoms with Crippen molar-refractivity contribution in [3.05, 3.63) is 64.8 Å². The van der Waals surface area contributed by atoms with Crippen molar-refractivity contribution in [3.63, 3.8) is 0 Å². The van der Waals surface area contributed by atoms with Gasteiger partial charge in [0.25, 0.3) is 0 Å². The van der Waals surface area contributed by atoms with E-state index in [1.807, 2.05) is 6.92 Å². The van der Waals surface area contributed by atoms with Gasteiger partial charge in [-0.25, -0.2) is 12.8 Å². The molecule has 0 saturated carbocycles. The van der Waals surface area contributed by atoms with Crippen LogP contribution in [0.15, 0.2) is 51.9 Å². The Kier molecular flexibility index (Phi) is 4.95. The highest BCUT2D eigenvalue weighted by molar-refractivity contribution is 7.89. The molecule has 2 aromatic carbocycles. The minimum absolute atomic E-state index is 0.125. The Bertz CT molecular complexity index is 1130. The zero-order valence-electron chi connectivity index (χ0n) is 15.0. The number of hydrogen-bond donors (Lipinski definition) is 0. The number of halogens is 2. The van der Waals surface area contributed by atoms with Crippen molar-refractivity contribution in [3.8, 4) is 11.4 Å². The van der Waals surface area contributed by atoms with Crippen LogP contribution in [0.5, 0.6) is 0 Å². The number of nitrogens with zero attached hydrogens (tertiary/aromatic N) is 3. The van der Waals surface area contributed by atoms with Gasteiger partial charge in [-0.2, -0.15) is 9.29 Å². The third kappa shape index (κ3) is 3.43. The molecule has 1 aliphatic heterocycles. The van der Waals surface area contributed by atoms with Crippen molar-refractivity contribution in [2.75, 3.05) is 6.54 Å². The first-order valence-electron chi connectivity index (χ1n) is 8.74. The van der Waals surface area contributed by atoms with Crippen molar-refractivity contribution in [1.29, 1.82) is 0 Å². The van der Waals surface area contributed by atoms with Crippen LogP contribution in [0.2, 0.25) is 5.02 Å². The van der Waals surface area contributed by atoms with Crippen LogP contribution in [-0.4, -0.2) is 29.4 Å². The molecule has 0 N–H and O–H groups in total. The van der Waals surface area contributed by atoms with Gasteiger partial charge in [0.2, 0.25) is 21.7 Å². The summed E-state index contributed by atoms with van der Waals surface area (Å²) in [6.07, 6.45) is 1.23. The van der Waals surface area contributed by atoms with Crippen LogP contribution < -0.4 is 0 Å². The minimum atomic E-state index is -3.78. The summed E-state index contributed by atoms with van der Waals surface area (Å²) in [7, 11) is -3.78. The lowest BCUT2D eigenvalue weighted by Crippen LogP contribution is -2.30. The molecular formula is C19H17ClFN3O3S. The zero-order valence-corrected chi connectivity index (χ0v) is 16.5. The maximum atomic E-state index is 13.4. The van der Waals surface area contributed by atoms with Gasteiger partial charge in [-0.15, -0.1) is 0 Å². The minimum Gasteiger partial charge on any atom is -0.337 e. The van der Waals surface area contributed by atoms with Gasteiger partial charge in [0.15, 0.2) is 0 Å². The van der Waals surface area contributed by atoms with Gasteiger partial charge in [-0.05, 0) is 49.6 Å². The maximum Gasteiger partial charge on any atom is 0.245 e. The molecule has 1 aliphatic rings. The lowest BCUT2D eigenvalue weighted by atomic mass is 10.2. The zero-order chi connectivity index (χ0) is 19.9. The van der Waals surface area contributed by atoms with E-state index < -0.39 is 21.9 Å². The highest BCUT2D eigenvalue weighted by Crippen LogP contribution is 2.37. The molecule has 1 atom stereocenters. The molecule has 28 heavy (non-hydrogen) atoms. The van der Waals surface area contributed by atoms with Gasteiger partial charge in [-0.3, -0.25) is 0 Å². The molecule has 1 saturated heterocycles. The molecule has 1 unspecified atom stereocenters. The Morgan fingerprint density at radius 3 is 2.82 bits per heavy atom. The van der Waals surface area contributed by atoms with Crippen molar-refractivity contribution >= 4 is 21.6 Å². The second-order valence-corrected chi connectivity index (χ2v) is 8.95. The SMILES string of the molecule is Cc1ccc(S(=O)(=O)N2CCCC2c2nc(-c3cccc(F)c3)no2)cc1Cl. The highest BCUT2D eigenvalue weighted by Gasteiger charge is 2.39. The van der Waals surface area contributed by atoms with Gasteiger partial charge in [0.1, 0.15) is 11.9 Å². The molecule has 146 valence electrons. The van der Waals surface area contributed by atoms with Crippen molar-refractivity contribution in [1.82, 2.24) is 14.4 Å². The molecule has 9 heteroatoms. The average Bonchev–Trinajstić information content (AvgIpc) is 3.33. The first-order chi connectivity index (χ1) is 13.4. The lowest BCUT2D eigenvalue weighted by molar-refractivity contribution is 0.290. The van der Waals surface area contributed by atoms with Gasteiger partial charge in [0, 0.05) is 17.1 Å². The van der Waals surface area contributed by atoms with Crippen molar-refractivity contribution in [2.45, 2.75) is 30.7 Å². The Morgan fingerprint density at radius 2 is 2.07 bits per heavy atom. The van der Waals surface area contributed by atoms with Gasteiger partial charge < -0.3 is 4.52 Å². The molecule has 2 heterocycles. The molecule has 0 spiro atoms. The van der Waals surface area contributed by atoms with Gasteiger partial charge in [-0.1, -0.05) is 35.0 Å². The third-order valence-corrected chi connectivity index (χ3v) is 7.07. The van der Waals surface area contributed by atoms with Crippen molar-refractivity contribution in [2.24, 2.45) is 0 Å². The first-order valence-corrected chi connectivity index (χ1v) is 10.6. The molecule has 1 fully saturated rings. The number of benzene rings is 2. The van der Waals surface area contributed by atoms with Crippen LogP contribution >= 0.6 is 11.6 Å². The van der Waals surface area contributed by atoms with Crippen LogP contribution in [0.25, 0.3) is 11.4 Å². The molecule has 4 rings (SSSR count). The van der Waals surface area contributed by atoms with Crippen LogP contribution in [0, 0.1) is 12.7 Å². The summed E-state index contributed by atoms with van der Waals surface area (Å²) in [4.78, 5) is 4.44. The highest BCUT2D eigenvalue weighted by atomic mass is 35.5.